The third kappa shape index (κ3) is 6.01. The van der Waals surface area contributed by atoms with Crippen LogP contribution in [0.25, 0.3) is 17.1 Å². The second-order valence-electron chi connectivity index (χ2n) is 8.35. The Hall–Kier alpha value is -3.23. The summed E-state index contributed by atoms with van der Waals surface area (Å²) in [6, 6.07) is 9.30. The summed E-state index contributed by atoms with van der Waals surface area (Å²) < 4.78 is 43.8. The summed E-state index contributed by atoms with van der Waals surface area (Å²) in [7, 11) is -3.64. The molecule has 0 aliphatic carbocycles. The highest BCUT2D eigenvalue weighted by atomic mass is 32.2. The molecule has 3 rings (SSSR count). The lowest BCUT2D eigenvalue weighted by molar-refractivity contribution is 0.576. The van der Waals surface area contributed by atoms with Gasteiger partial charge < -0.3 is 5.32 Å². The molecule has 1 aromatic heterocycles. The molecule has 0 fully saturated rings. The summed E-state index contributed by atoms with van der Waals surface area (Å²) in [5.74, 6) is -0.343. The van der Waals surface area contributed by atoms with Crippen LogP contribution in [0.15, 0.2) is 71.6 Å². The molecule has 0 aliphatic heterocycles. The number of sulfonamides is 1. The van der Waals surface area contributed by atoms with E-state index in [9.17, 15) is 12.8 Å². The van der Waals surface area contributed by atoms with Gasteiger partial charge in [-0.3, -0.25) is 0 Å². The fourth-order valence-corrected chi connectivity index (χ4v) is 5.54. The van der Waals surface area contributed by atoms with E-state index >= 15 is 0 Å². The molecule has 2 N–H and O–H groups in total. The van der Waals surface area contributed by atoms with E-state index < -0.39 is 10.0 Å². The Labute approximate surface area is 200 Å². The molecule has 0 spiro atoms. The number of benzene rings is 2. The topological polar surface area (TPSA) is 76.0 Å². The molecule has 2 aromatic carbocycles. The van der Waals surface area contributed by atoms with Crippen molar-refractivity contribution in [2.75, 3.05) is 11.9 Å². The second kappa shape index (κ2) is 10.8. The number of halogens is 1. The number of nitrogens with zero attached hydrogens (tertiary/aromatic N) is 2. The lowest BCUT2D eigenvalue weighted by atomic mass is 10.1. The highest BCUT2D eigenvalue weighted by Gasteiger charge is 2.20. The van der Waals surface area contributed by atoms with Crippen LogP contribution in [-0.2, 0) is 10.0 Å². The molecule has 1 atom stereocenters. The van der Waals surface area contributed by atoms with Gasteiger partial charge >= 0.3 is 0 Å². The van der Waals surface area contributed by atoms with Gasteiger partial charge in [-0.2, -0.15) is 5.10 Å². The van der Waals surface area contributed by atoms with E-state index in [1.807, 2.05) is 58.0 Å². The molecule has 0 unspecified atom stereocenters. The number of hydrogen-bond acceptors (Lipinski definition) is 4. The maximum atomic E-state index is 13.5. The van der Waals surface area contributed by atoms with Crippen LogP contribution in [0.2, 0.25) is 0 Å². The molecule has 180 valence electrons. The first-order valence-corrected chi connectivity index (χ1v) is 12.6. The molecule has 34 heavy (non-hydrogen) atoms. The zero-order chi connectivity index (χ0) is 24.9. The van der Waals surface area contributed by atoms with Crippen LogP contribution >= 0.6 is 0 Å². The minimum Gasteiger partial charge on any atom is -0.381 e. The Morgan fingerprint density at radius 2 is 1.91 bits per heavy atom. The van der Waals surface area contributed by atoms with Gasteiger partial charge in [0.25, 0.3) is 0 Å². The average Bonchev–Trinajstić information content (AvgIpc) is 3.16. The number of allylic oxidation sites excluding steroid dienone is 5. The Morgan fingerprint density at radius 3 is 2.59 bits per heavy atom. The van der Waals surface area contributed by atoms with Crippen molar-refractivity contribution in [3.63, 3.8) is 0 Å². The van der Waals surface area contributed by atoms with Crippen LogP contribution in [-0.4, -0.2) is 30.8 Å². The monoisotopic (exact) mass is 482 g/mol. The zero-order valence-corrected chi connectivity index (χ0v) is 20.9. The number of fused-ring (bicyclic) bond motifs is 1. The molecular formula is C26H31FN4O2S. The summed E-state index contributed by atoms with van der Waals surface area (Å²) in [5, 5.41) is 8.61. The standard InChI is InChI=1S/C26H31FN4O2S/c1-6-9-22(27)10-8-13-31-25-12-7-11-24(23(25)17-28-31)30-21(5)16-29-34(32,33)26-19(3)14-18(2)15-20(26)4/h6-15,17,21,29-30H,16H2,1-5H3/b9-6-,13-8+,22-10+/t21-/m1/s1. The first-order valence-electron chi connectivity index (χ1n) is 11.1. The van der Waals surface area contributed by atoms with Gasteiger partial charge in [-0.05, 0) is 76.1 Å². The quantitative estimate of drug-likeness (QED) is 0.387. The summed E-state index contributed by atoms with van der Waals surface area (Å²) in [6.07, 6.45) is 9.37. The number of aryl methyl sites for hydroxylation is 3. The molecule has 3 aromatic rings. The number of nitrogens with one attached hydrogen (secondary N) is 2. The minimum atomic E-state index is -3.64. The molecule has 0 aliphatic rings. The van der Waals surface area contributed by atoms with Crippen molar-refractivity contribution in [1.82, 2.24) is 14.5 Å². The fraction of sp³-hybridized carbons (Fsp3) is 0.269. The highest BCUT2D eigenvalue weighted by molar-refractivity contribution is 7.89. The van der Waals surface area contributed by atoms with E-state index in [0.29, 0.717) is 4.90 Å². The average molecular weight is 483 g/mol. The molecule has 8 heteroatoms. The smallest absolute Gasteiger partial charge is 0.241 e. The summed E-state index contributed by atoms with van der Waals surface area (Å²) in [6.45, 7) is 9.46. The Kier molecular flexibility index (Phi) is 8.06. The van der Waals surface area contributed by atoms with E-state index in [0.717, 1.165) is 33.3 Å². The van der Waals surface area contributed by atoms with Gasteiger partial charge in [-0.1, -0.05) is 29.8 Å². The van der Waals surface area contributed by atoms with E-state index in [4.69, 9.17) is 0 Å². The van der Waals surface area contributed by atoms with E-state index in [1.54, 1.807) is 36.2 Å². The first-order chi connectivity index (χ1) is 16.1. The van der Waals surface area contributed by atoms with Crippen molar-refractivity contribution in [3.8, 4) is 0 Å². The van der Waals surface area contributed by atoms with Crippen molar-refractivity contribution >= 4 is 32.8 Å². The molecule has 0 radical (unpaired) electrons. The van der Waals surface area contributed by atoms with Crippen LogP contribution < -0.4 is 10.0 Å². The van der Waals surface area contributed by atoms with Crippen molar-refractivity contribution in [3.05, 3.63) is 83.3 Å². The molecule has 0 saturated heterocycles. The third-order valence-electron chi connectivity index (χ3n) is 5.30. The molecule has 6 nitrogen and oxygen atoms in total. The molecule has 1 heterocycles. The SMILES string of the molecule is C\C=C/C(F)=C\C=C\n1ncc2c(N[C@H](C)CNS(=O)(=O)c3c(C)cc(C)cc3C)cccc21. The van der Waals surface area contributed by atoms with Crippen LogP contribution in [0.5, 0.6) is 0 Å². The molecule has 0 bridgehead atoms. The normalized spacial score (nSPS) is 13.9. The van der Waals surface area contributed by atoms with Crippen LogP contribution in [0.1, 0.15) is 30.5 Å². The maximum absolute atomic E-state index is 13.5. The number of anilines is 1. The summed E-state index contributed by atoms with van der Waals surface area (Å²) in [5.41, 5.74) is 4.18. The van der Waals surface area contributed by atoms with Gasteiger partial charge in [0, 0.05) is 29.9 Å². The lowest BCUT2D eigenvalue weighted by Gasteiger charge is -2.18. The van der Waals surface area contributed by atoms with Gasteiger partial charge in [-0.25, -0.2) is 22.2 Å². The summed E-state index contributed by atoms with van der Waals surface area (Å²) >= 11 is 0. The third-order valence-corrected chi connectivity index (χ3v) is 7.03. The number of hydrogen-bond donors (Lipinski definition) is 2. The first kappa shape index (κ1) is 25.4. The fourth-order valence-electron chi connectivity index (χ4n) is 3.96. The van der Waals surface area contributed by atoms with Gasteiger partial charge in [0.1, 0.15) is 5.83 Å². The van der Waals surface area contributed by atoms with Crippen LogP contribution in [0.4, 0.5) is 10.1 Å². The Morgan fingerprint density at radius 1 is 1.21 bits per heavy atom. The van der Waals surface area contributed by atoms with Gasteiger partial charge in [0.15, 0.2) is 0 Å². The van der Waals surface area contributed by atoms with Gasteiger partial charge in [-0.15, -0.1) is 0 Å². The van der Waals surface area contributed by atoms with Crippen molar-refractivity contribution < 1.29 is 12.8 Å². The largest absolute Gasteiger partial charge is 0.381 e. The Balaban J connectivity index is 1.73. The summed E-state index contributed by atoms with van der Waals surface area (Å²) in [4.78, 5) is 0.334. The van der Waals surface area contributed by atoms with Crippen molar-refractivity contribution in [2.45, 2.75) is 45.6 Å². The van der Waals surface area contributed by atoms with E-state index in [2.05, 4.69) is 15.1 Å². The van der Waals surface area contributed by atoms with Gasteiger partial charge in [0.05, 0.1) is 16.6 Å². The molecule has 0 amide bonds. The second-order valence-corrected chi connectivity index (χ2v) is 10.0. The minimum absolute atomic E-state index is 0.178. The predicted molar refractivity (Wildman–Crippen MR) is 138 cm³/mol. The van der Waals surface area contributed by atoms with E-state index in [1.165, 1.54) is 12.2 Å². The number of aromatic nitrogens is 2. The predicted octanol–water partition coefficient (Wildman–Crippen LogP) is 5.64. The maximum Gasteiger partial charge on any atom is 0.241 e. The highest BCUT2D eigenvalue weighted by Crippen LogP contribution is 2.25. The zero-order valence-electron chi connectivity index (χ0n) is 20.1. The van der Waals surface area contributed by atoms with Gasteiger partial charge in [0.2, 0.25) is 10.0 Å². The Bertz CT molecular complexity index is 1350. The van der Waals surface area contributed by atoms with Crippen LogP contribution in [0.3, 0.4) is 0 Å². The van der Waals surface area contributed by atoms with Crippen molar-refractivity contribution in [2.24, 2.45) is 0 Å². The van der Waals surface area contributed by atoms with Crippen LogP contribution in [0, 0.1) is 20.8 Å². The molecular weight excluding hydrogens is 451 g/mol. The van der Waals surface area contributed by atoms with Crippen molar-refractivity contribution in [1.29, 1.82) is 0 Å². The van der Waals surface area contributed by atoms with E-state index in [-0.39, 0.29) is 18.4 Å². The lowest BCUT2D eigenvalue weighted by Crippen LogP contribution is -2.35. The molecule has 0 saturated carbocycles. The number of rotatable bonds is 9.